The van der Waals surface area contributed by atoms with E-state index in [0.29, 0.717) is 37.6 Å². The minimum Gasteiger partial charge on any atom is -0.493 e. The summed E-state index contributed by atoms with van der Waals surface area (Å²) in [7, 11) is 0. The lowest BCUT2D eigenvalue weighted by atomic mass is 10.3. The third-order valence-electron chi connectivity index (χ3n) is 3.21. The van der Waals surface area contributed by atoms with Gasteiger partial charge in [0.15, 0.2) is 0 Å². The molecule has 0 unspecified atom stereocenters. The van der Waals surface area contributed by atoms with Gasteiger partial charge in [-0.1, -0.05) is 11.8 Å². The lowest BCUT2D eigenvalue weighted by Crippen LogP contribution is -1.97. The summed E-state index contributed by atoms with van der Waals surface area (Å²) in [6.07, 6.45) is 1.04. The number of nitro groups is 2. The van der Waals surface area contributed by atoms with Crippen LogP contribution < -0.4 is 9.47 Å². The summed E-state index contributed by atoms with van der Waals surface area (Å²) in [6.45, 7) is 0.766. The Morgan fingerprint density at radius 2 is 1.04 bits per heavy atom. The summed E-state index contributed by atoms with van der Waals surface area (Å²) in [5.74, 6) is 7.00. The zero-order valence-electron chi connectivity index (χ0n) is 13.8. The van der Waals surface area contributed by atoms with Crippen LogP contribution in [0.4, 0.5) is 11.4 Å². The van der Waals surface area contributed by atoms with E-state index in [1.807, 2.05) is 0 Å². The van der Waals surface area contributed by atoms with Crippen LogP contribution in [0.5, 0.6) is 11.5 Å². The second-order valence-corrected chi connectivity index (χ2v) is 5.05. The number of hydrogen-bond donors (Lipinski definition) is 0. The van der Waals surface area contributed by atoms with Crippen LogP contribution in [-0.2, 0) is 0 Å². The average Bonchev–Trinajstić information content (AvgIpc) is 2.64. The lowest BCUT2D eigenvalue weighted by molar-refractivity contribution is -0.385. The number of nitrogens with zero attached hydrogens (tertiary/aromatic N) is 2. The first-order chi connectivity index (χ1) is 12.6. The van der Waals surface area contributed by atoms with E-state index < -0.39 is 9.85 Å². The van der Waals surface area contributed by atoms with Gasteiger partial charge in [-0.2, -0.15) is 0 Å². The van der Waals surface area contributed by atoms with Gasteiger partial charge >= 0.3 is 0 Å². The lowest BCUT2D eigenvalue weighted by Gasteiger charge is -2.03. The van der Waals surface area contributed by atoms with Crippen LogP contribution in [0.15, 0.2) is 48.5 Å². The normalized spacial score (nSPS) is 9.69. The van der Waals surface area contributed by atoms with E-state index in [1.165, 1.54) is 24.3 Å². The average molecular weight is 356 g/mol. The zero-order valence-corrected chi connectivity index (χ0v) is 13.8. The van der Waals surface area contributed by atoms with Gasteiger partial charge in [0.05, 0.1) is 23.1 Å². The Morgan fingerprint density at radius 3 is 1.35 bits per heavy atom. The fraction of sp³-hybridized carbons (Fsp3) is 0.222. The molecular weight excluding hydrogens is 340 g/mol. The van der Waals surface area contributed by atoms with Gasteiger partial charge in [-0.15, -0.1) is 0 Å². The molecule has 8 nitrogen and oxygen atoms in total. The molecule has 2 aromatic rings. The van der Waals surface area contributed by atoms with Crippen molar-refractivity contribution < 1.29 is 19.3 Å². The molecule has 0 bridgehead atoms. The molecule has 0 saturated carbocycles. The van der Waals surface area contributed by atoms with Gasteiger partial charge < -0.3 is 9.47 Å². The topological polar surface area (TPSA) is 105 Å². The maximum absolute atomic E-state index is 10.5. The van der Waals surface area contributed by atoms with Crippen LogP contribution in [0.1, 0.15) is 12.8 Å². The van der Waals surface area contributed by atoms with E-state index in [-0.39, 0.29) is 11.4 Å². The molecule has 8 heteroatoms. The Labute approximate surface area is 149 Å². The first-order valence-corrected chi connectivity index (χ1v) is 7.76. The van der Waals surface area contributed by atoms with Crippen molar-refractivity contribution in [1.29, 1.82) is 0 Å². The molecular formula is C18H16N2O6. The van der Waals surface area contributed by atoms with Crippen molar-refractivity contribution in [2.45, 2.75) is 12.8 Å². The van der Waals surface area contributed by atoms with Crippen molar-refractivity contribution in [3.8, 4) is 23.3 Å². The highest BCUT2D eigenvalue weighted by atomic mass is 16.6. The maximum Gasteiger partial charge on any atom is 0.269 e. The van der Waals surface area contributed by atoms with E-state index in [4.69, 9.17) is 9.47 Å². The van der Waals surface area contributed by atoms with Gasteiger partial charge in [0.25, 0.3) is 11.4 Å². The van der Waals surface area contributed by atoms with Crippen LogP contribution in [0.2, 0.25) is 0 Å². The maximum atomic E-state index is 10.5. The summed E-state index contributed by atoms with van der Waals surface area (Å²) < 4.78 is 10.9. The third kappa shape index (κ3) is 6.13. The monoisotopic (exact) mass is 356 g/mol. The van der Waals surface area contributed by atoms with Gasteiger partial charge in [-0.25, -0.2) is 0 Å². The first kappa shape index (κ1) is 18.7. The third-order valence-corrected chi connectivity index (χ3v) is 3.21. The van der Waals surface area contributed by atoms with Crippen molar-refractivity contribution in [3.63, 3.8) is 0 Å². The molecule has 0 aliphatic carbocycles. The molecule has 0 N–H and O–H groups in total. The van der Waals surface area contributed by atoms with Crippen molar-refractivity contribution in [2.24, 2.45) is 0 Å². The number of benzene rings is 2. The highest BCUT2D eigenvalue weighted by Gasteiger charge is 2.04. The van der Waals surface area contributed by atoms with Gasteiger partial charge in [0.2, 0.25) is 0 Å². The molecule has 0 amide bonds. The largest absolute Gasteiger partial charge is 0.493 e. The van der Waals surface area contributed by atoms with Crippen LogP contribution in [0, 0.1) is 32.1 Å². The number of rotatable bonds is 8. The van der Waals surface area contributed by atoms with Gasteiger partial charge in [0.1, 0.15) is 11.5 Å². The van der Waals surface area contributed by atoms with E-state index >= 15 is 0 Å². The Bertz CT molecular complexity index is 739. The van der Waals surface area contributed by atoms with Crippen LogP contribution >= 0.6 is 0 Å². The van der Waals surface area contributed by atoms with Crippen molar-refractivity contribution in [2.75, 3.05) is 13.2 Å². The van der Waals surface area contributed by atoms with Crippen LogP contribution in [-0.4, -0.2) is 23.1 Å². The number of non-ortho nitro benzene ring substituents is 2. The highest BCUT2D eigenvalue weighted by molar-refractivity contribution is 5.36. The Kier molecular flexibility index (Phi) is 6.94. The second kappa shape index (κ2) is 9.64. The Balaban J connectivity index is 1.61. The van der Waals surface area contributed by atoms with Crippen molar-refractivity contribution >= 4 is 11.4 Å². The molecule has 2 aromatic carbocycles. The minimum absolute atomic E-state index is 0.0187. The summed E-state index contributed by atoms with van der Waals surface area (Å²) >= 11 is 0. The fourth-order valence-corrected chi connectivity index (χ4v) is 1.94. The van der Waals surface area contributed by atoms with Gasteiger partial charge in [0, 0.05) is 37.1 Å². The standard InChI is InChI=1S/C18H16N2O6/c21-19(22)15-5-9-17(10-6-15)25-13-3-1-2-4-14-26-18-11-7-16(8-12-18)20(23)24/h5-12H,3-4,13-14H2. The molecule has 0 aromatic heterocycles. The predicted molar refractivity (Wildman–Crippen MR) is 94.2 cm³/mol. The second-order valence-electron chi connectivity index (χ2n) is 5.05. The molecule has 0 aliphatic rings. The van der Waals surface area contributed by atoms with Crippen molar-refractivity contribution in [1.82, 2.24) is 0 Å². The molecule has 0 aliphatic heterocycles. The van der Waals surface area contributed by atoms with E-state index in [2.05, 4.69) is 11.8 Å². The molecule has 0 saturated heterocycles. The summed E-state index contributed by atoms with van der Waals surface area (Å²) in [5, 5.41) is 21.1. The summed E-state index contributed by atoms with van der Waals surface area (Å²) in [6, 6.07) is 11.7. The minimum atomic E-state index is -0.464. The molecule has 2 rings (SSSR count). The number of hydrogen-bond acceptors (Lipinski definition) is 6. The first-order valence-electron chi connectivity index (χ1n) is 7.76. The predicted octanol–water partition coefficient (Wildman–Crippen LogP) is 3.74. The van der Waals surface area contributed by atoms with Gasteiger partial charge in [-0.05, 0) is 24.3 Å². The molecule has 0 radical (unpaired) electrons. The Hall–Kier alpha value is -3.60. The molecule has 0 spiro atoms. The SMILES string of the molecule is O=[N+]([O-])c1ccc(OCCC#CCCOc2ccc([N+](=O)[O-])cc2)cc1. The van der Waals surface area contributed by atoms with Crippen molar-refractivity contribution in [3.05, 3.63) is 68.8 Å². The zero-order chi connectivity index (χ0) is 18.8. The number of nitro benzene ring substituents is 2. The highest BCUT2D eigenvalue weighted by Crippen LogP contribution is 2.18. The van der Waals surface area contributed by atoms with Crippen LogP contribution in [0.25, 0.3) is 0 Å². The van der Waals surface area contributed by atoms with E-state index in [9.17, 15) is 20.2 Å². The molecule has 0 atom stereocenters. The van der Waals surface area contributed by atoms with Gasteiger partial charge in [-0.3, -0.25) is 20.2 Å². The molecule has 0 heterocycles. The molecule has 134 valence electrons. The smallest absolute Gasteiger partial charge is 0.269 e. The summed E-state index contributed by atoms with van der Waals surface area (Å²) in [4.78, 5) is 20.2. The van der Waals surface area contributed by atoms with Crippen LogP contribution in [0.3, 0.4) is 0 Å². The fourth-order valence-electron chi connectivity index (χ4n) is 1.94. The molecule has 0 fully saturated rings. The van der Waals surface area contributed by atoms with E-state index in [1.54, 1.807) is 24.3 Å². The van der Waals surface area contributed by atoms with E-state index in [0.717, 1.165) is 0 Å². The number of ether oxygens (including phenoxy) is 2. The Morgan fingerprint density at radius 1 is 0.692 bits per heavy atom. The molecule has 26 heavy (non-hydrogen) atoms. The quantitative estimate of drug-likeness (QED) is 0.309. The summed E-state index contributed by atoms with van der Waals surface area (Å²) in [5.41, 5.74) is 0.0373.